The van der Waals surface area contributed by atoms with Gasteiger partial charge in [-0.25, -0.2) is 0 Å². The van der Waals surface area contributed by atoms with Crippen molar-refractivity contribution in [1.29, 1.82) is 0 Å². The molecule has 0 aromatic heterocycles. The van der Waals surface area contributed by atoms with Gasteiger partial charge in [0.25, 0.3) is 0 Å². The van der Waals surface area contributed by atoms with Crippen LogP contribution in [0.25, 0.3) is 0 Å². The summed E-state index contributed by atoms with van der Waals surface area (Å²) in [6.45, 7) is 6.74. The van der Waals surface area contributed by atoms with Gasteiger partial charge in [0, 0.05) is 5.69 Å². The Kier molecular flexibility index (Phi) is 4.65. The van der Waals surface area contributed by atoms with E-state index in [1.54, 1.807) is 0 Å². The van der Waals surface area contributed by atoms with Crippen LogP contribution in [-0.4, -0.2) is 13.1 Å². The van der Waals surface area contributed by atoms with Gasteiger partial charge in [0.15, 0.2) is 0 Å². The van der Waals surface area contributed by atoms with Crippen LogP contribution >= 0.6 is 0 Å². The Morgan fingerprint density at radius 3 is 2.67 bits per heavy atom. The Labute approximate surface area is 111 Å². The van der Waals surface area contributed by atoms with Crippen molar-refractivity contribution in [3.63, 3.8) is 0 Å². The molecule has 1 aliphatic heterocycles. The average molecular weight is 246 g/mol. The second kappa shape index (κ2) is 6.24. The molecule has 1 aromatic carbocycles. The van der Waals surface area contributed by atoms with Gasteiger partial charge in [-0.2, -0.15) is 0 Å². The molecule has 0 saturated carbocycles. The highest BCUT2D eigenvalue weighted by Gasteiger charge is 2.18. The summed E-state index contributed by atoms with van der Waals surface area (Å²) < 4.78 is 0. The molecule has 0 amide bonds. The minimum Gasteiger partial charge on any atom is -0.398 e. The molecule has 0 unspecified atom stereocenters. The zero-order valence-electron chi connectivity index (χ0n) is 11.8. The number of piperidine rings is 1. The Hall–Kier alpha value is -1.02. The molecule has 1 aromatic rings. The van der Waals surface area contributed by atoms with Crippen molar-refractivity contribution in [2.45, 2.75) is 51.9 Å². The molecular weight excluding hydrogens is 220 g/mol. The Balaban J connectivity index is 2.22. The molecule has 0 spiro atoms. The molecule has 0 bridgehead atoms. The van der Waals surface area contributed by atoms with E-state index in [0.29, 0.717) is 0 Å². The Bertz CT molecular complexity index is 392. The minimum absolute atomic E-state index is 0.729. The van der Waals surface area contributed by atoms with Gasteiger partial charge in [-0.3, -0.25) is 0 Å². The van der Waals surface area contributed by atoms with Crippen LogP contribution in [0.2, 0.25) is 0 Å². The summed E-state index contributed by atoms with van der Waals surface area (Å²) in [5, 5.41) is 3.44. The van der Waals surface area contributed by atoms with E-state index in [-0.39, 0.29) is 0 Å². The summed E-state index contributed by atoms with van der Waals surface area (Å²) >= 11 is 0. The van der Waals surface area contributed by atoms with Gasteiger partial charge in [0.2, 0.25) is 0 Å². The van der Waals surface area contributed by atoms with Crippen LogP contribution in [0, 0.1) is 6.92 Å². The third-order valence-electron chi connectivity index (χ3n) is 4.11. The Morgan fingerprint density at radius 2 is 2.00 bits per heavy atom. The molecule has 2 rings (SSSR count). The van der Waals surface area contributed by atoms with Gasteiger partial charge in [-0.05, 0) is 74.4 Å². The highest BCUT2D eigenvalue weighted by Crippen LogP contribution is 2.31. The third-order valence-corrected chi connectivity index (χ3v) is 4.11. The van der Waals surface area contributed by atoms with Gasteiger partial charge in [0.1, 0.15) is 0 Å². The van der Waals surface area contributed by atoms with Gasteiger partial charge in [0.05, 0.1) is 0 Å². The lowest BCUT2D eigenvalue weighted by molar-refractivity contribution is 0.459. The molecule has 100 valence electrons. The summed E-state index contributed by atoms with van der Waals surface area (Å²) in [4.78, 5) is 0. The summed E-state index contributed by atoms with van der Waals surface area (Å²) in [6.07, 6.45) is 6.12. The predicted octanol–water partition coefficient (Wildman–Crippen LogP) is 3.39. The van der Waals surface area contributed by atoms with Crippen molar-refractivity contribution < 1.29 is 0 Å². The standard InChI is InChI=1S/C16H26N2/c1-3-4-5-14-11-15(12(2)10-16(14)17)13-6-8-18-9-7-13/h10-11,13,18H,3-9,17H2,1-2H3. The number of hydrogen-bond donors (Lipinski definition) is 2. The maximum Gasteiger partial charge on any atom is 0.0349 e. The lowest BCUT2D eigenvalue weighted by atomic mass is 9.85. The van der Waals surface area contributed by atoms with Gasteiger partial charge in [-0.1, -0.05) is 19.4 Å². The predicted molar refractivity (Wildman–Crippen MR) is 79.0 cm³/mol. The molecule has 1 heterocycles. The molecule has 0 aliphatic carbocycles. The zero-order valence-corrected chi connectivity index (χ0v) is 11.8. The fourth-order valence-electron chi connectivity index (χ4n) is 2.95. The second-order valence-electron chi connectivity index (χ2n) is 5.54. The van der Waals surface area contributed by atoms with Crippen LogP contribution in [-0.2, 0) is 6.42 Å². The number of nitrogens with two attached hydrogens (primary N) is 1. The van der Waals surface area contributed by atoms with E-state index in [2.05, 4.69) is 31.3 Å². The molecule has 2 heteroatoms. The number of unbranched alkanes of at least 4 members (excludes halogenated alkanes) is 1. The highest BCUT2D eigenvalue weighted by molar-refractivity contribution is 5.53. The van der Waals surface area contributed by atoms with Gasteiger partial charge in [-0.15, -0.1) is 0 Å². The lowest BCUT2D eigenvalue weighted by Crippen LogP contribution is -2.27. The van der Waals surface area contributed by atoms with Crippen LogP contribution in [0.5, 0.6) is 0 Å². The number of benzene rings is 1. The minimum atomic E-state index is 0.729. The van der Waals surface area contributed by atoms with Crippen molar-refractivity contribution >= 4 is 5.69 Å². The van der Waals surface area contributed by atoms with Gasteiger partial charge >= 0.3 is 0 Å². The number of anilines is 1. The van der Waals surface area contributed by atoms with E-state index in [1.807, 2.05) is 0 Å². The number of aryl methyl sites for hydroxylation is 2. The van der Waals surface area contributed by atoms with E-state index < -0.39 is 0 Å². The van der Waals surface area contributed by atoms with Crippen LogP contribution in [0.15, 0.2) is 12.1 Å². The summed E-state index contributed by atoms with van der Waals surface area (Å²) in [5.74, 6) is 0.729. The molecule has 0 atom stereocenters. The molecule has 3 N–H and O–H groups in total. The normalized spacial score (nSPS) is 17.0. The fourth-order valence-corrected chi connectivity index (χ4v) is 2.95. The Morgan fingerprint density at radius 1 is 1.28 bits per heavy atom. The van der Waals surface area contributed by atoms with Crippen molar-refractivity contribution in [3.8, 4) is 0 Å². The summed E-state index contributed by atoms with van der Waals surface area (Å²) in [5.41, 5.74) is 11.4. The zero-order chi connectivity index (χ0) is 13.0. The van der Waals surface area contributed by atoms with E-state index in [9.17, 15) is 0 Å². The van der Waals surface area contributed by atoms with Crippen LogP contribution in [0.1, 0.15) is 55.2 Å². The first-order valence-corrected chi connectivity index (χ1v) is 7.32. The molecular formula is C16H26N2. The maximum atomic E-state index is 6.15. The first-order valence-electron chi connectivity index (χ1n) is 7.32. The van der Waals surface area contributed by atoms with Crippen molar-refractivity contribution in [2.24, 2.45) is 0 Å². The maximum absolute atomic E-state index is 6.15. The molecule has 18 heavy (non-hydrogen) atoms. The van der Waals surface area contributed by atoms with E-state index in [0.717, 1.165) is 31.1 Å². The molecule has 0 radical (unpaired) electrons. The summed E-state index contributed by atoms with van der Waals surface area (Å²) in [6, 6.07) is 4.57. The highest BCUT2D eigenvalue weighted by atomic mass is 14.9. The van der Waals surface area contributed by atoms with Crippen LogP contribution in [0.3, 0.4) is 0 Å². The van der Waals surface area contributed by atoms with E-state index >= 15 is 0 Å². The van der Waals surface area contributed by atoms with E-state index in [4.69, 9.17) is 5.73 Å². The number of nitrogens with one attached hydrogen (secondary N) is 1. The average Bonchev–Trinajstić information content (AvgIpc) is 2.39. The third kappa shape index (κ3) is 3.05. The first kappa shape index (κ1) is 13.4. The first-order chi connectivity index (χ1) is 8.72. The largest absolute Gasteiger partial charge is 0.398 e. The van der Waals surface area contributed by atoms with Crippen molar-refractivity contribution in [1.82, 2.24) is 5.32 Å². The molecule has 1 aliphatic rings. The van der Waals surface area contributed by atoms with Crippen molar-refractivity contribution in [2.75, 3.05) is 18.8 Å². The molecule has 1 fully saturated rings. The van der Waals surface area contributed by atoms with E-state index in [1.165, 1.54) is 42.4 Å². The van der Waals surface area contributed by atoms with Gasteiger partial charge < -0.3 is 11.1 Å². The topological polar surface area (TPSA) is 38.0 Å². The monoisotopic (exact) mass is 246 g/mol. The molecule has 2 nitrogen and oxygen atoms in total. The second-order valence-corrected chi connectivity index (χ2v) is 5.54. The number of hydrogen-bond acceptors (Lipinski definition) is 2. The summed E-state index contributed by atoms with van der Waals surface area (Å²) in [7, 11) is 0. The molecule has 1 saturated heterocycles. The quantitative estimate of drug-likeness (QED) is 0.799. The smallest absolute Gasteiger partial charge is 0.0349 e. The van der Waals surface area contributed by atoms with Crippen molar-refractivity contribution in [3.05, 3.63) is 28.8 Å². The fraction of sp³-hybridized carbons (Fsp3) is 0.625. The SMILES string of the molecule is CCCCc1cc(C2CCNCC2)c(C)cc1N. The van der Waals surface area contributed by atoms with Crippen LogP contribution in [0.4, 0.5) is 5.69 Å². The number of nitrogen functional groups attached to an aromatic ring is 1. The lowest BCUT2D eigenvalue weighted by Gasteiger charge is -2.25. The number of rotatable bonds is 4. The van der Waals surface area contributed by atoms with Crippen LogP contribution < -0.4 is 11.1 Å².